The van der Waals surface area contributed by atoms with Gasteiger partial charge in [0.25, 0.3) is 0 Å². The summed E-state index contributed by atoms with van der Waals surface area (Å²) in [6, 6.07) is 8.37. The minimum Gasteiger partial charge on any atom is -0.271 e. The molecule has 0 aliphatic heterocycles. The van der Waals surface area contributed by atoms with Crippen LogP contribution in [-0.2, 0) is 6.42 Å². The Balaban J connectivity index is 2.34. The number of benzene rings is 2. The van der Waals surface area contributed by atoms with Crippen LogP contribution in [-0.4, -0.2) is 0 Å². The van der Waals surface area contributed by atoms with Crippen molar-refractivity contribution in [1.29, 1.82) is 0 Å². The second-order valence-electron chi connectivity index (χ2n) is 4.61. The molecule has 3 N–H and O–H groups in total. The maximum absolute atomic E-state index is 13.9. The van der Waals surface area contributed by atoms with Crippen molar-refractivity contribution < 1.29 is 13.2 Å². The third-order valence-electron chi connectivity index (χ3n) is 3.26. The normalized spacial score (nSPS) is 12.4. The molecule has 0 saturated heterocycles. The van der Waals surface area contributed by atoms with Gasteiger partial charge in [-0.25, -0.2) is 13.2 Å². The average Bonchev–Trinajstić information content (AvgIpc) is 2.45. The summed E-state index contributed by atoms with van der Waals surface area (Å²) in [5.41, 5.74) is 3.09. The Labute approximate surface area is 115 Å². The molecule has 1 atom stereocenters. The van der Waals surface area contributed by atoms with Gasteiger partial charge < -0.3 is 0 Å². The van der Waals surface area contributed by atoms with E-state index in [1.807, 2.05) is 0 Å². The van der Waals surface area contributed by atoms with Crippen LogP contribution in [0.5, 0.6) is 0 Å². The number of hydrogen-bond donors (Lipinski definition) is 2. The molecule has 0 aliphatic carbocycles. The van der Waals surface area contributed by atoms with Gasteiger partial charge in [-0.15, -0.1) is 0 Å². The summed E-state index contributed by atoms with van der Waals surface area (Å²) in [5.74, 6) is 3.14. The predicted octanol–water partition coefficient (Wildman–Crippen LogP) is 3.16. The molecule has 0 aliphatic rings. The fourth-order valence-corrected chi connectivity index (χ4v) is 2.07. The monoisotopic (exact) mass is 280 g/mol. The van der Waals surface area contributed by atoms with Crippen molar-refractivity contribution in [3.8, 4) is 0 Å². The van der Waals surface area contributed by atoms with Gasteiger partial charge in [-0.2, -0.15) is 0 Å². The molecule has 5 heteroatoms. The first-order valence-corrected chi connectivity index (χ1v) is 6.18. The lowest BCUT2D eigenvalue weighted by Crippen LogP contribution is -2.30. The van der Waals surface area contributed by atoms with Gasteiger partial charge in [0.15, 0.2) is 11.6 Å². The van der Waals surface area contributed by atoms with E-state index in [9.17, 15) is 13.2 Å². The van der Waals surface area contributed by atoms with Crippen LogP contribution in [0.3, 0.4) is 0 Å². The lowest BCUT2D eigenvalue weighted by atomic mass is 9.97. The lowest BCUT2D eigenvalue weighted by molar-refractivity contribution is 0.457. The number of nitrogens with two attached hydrogens (primary N) is 1. The van der Waals surface area contributed by atoms with Crippen molar-refractivity contribution in [2.45, 2.75) is 19.4 Å². The second-order valence-corrected chi connectivity index (χ2v) is 4.61. The van der Waals surface area contributed by atoms with Gasteiger partial charge in [0.1, 0.15) is 5.82 Å². The third kappa shape index (κ3) is 2.84. The summed E-state index contributed by atoms with van der Waals surface area (Å²) in [5, 5.41) is 0. The van der Waals surface area contributed by atoms with Crippen LogP contribution >= 0.6 is 0 Å². The highest BCUT2D eigenvalue weighted by Gasteiger charge is 2.20. The van der Waals surface area contributed by atoms with Gasteiger partial charge in [0.05, 0.1) is 6.04 Å². The number of nitrogens with one attached hydrogen (secondary N) is 1. The van der Waals surface area contributed by atoms with E-state index in [1.54, 1.807) is 18.2 Å². The zero-order chi connectivity index (χ0) is 14.7. The van der Waals surface area contributed by atoms with Gasteiger partial charge in [-0.3, -0.25) is 11.3 Å². The van der Waals surface area contributed by atoms with Crippen LogP contribution < -0.4 is 11.3 Å². The highest BCUT2D eigenvalue weighted by Crippen LogP contribution is 2.25. The van der Waals surface area contributed by atoms with Crippen LogP contribution in [0, 0.1) is 24.4 Å². The van der Waals surface area contributed by atoms with Gasteiger partial charge in [-0.05, 0) is 30.5 Å². The molecule has 0 saturated carbocycles. The Morgan fingerprint density at radius 3 is 2.40 bits per heavy atom. The molecule has 2 rings (SSSR count). The zero-order valence-electron chi connectivity index (χ0n) is 11.0. The molecule has 2 nitrogen and oxygen atoms in total. The third-order valence-corrected chi connectivity index (χ3v) is 3.26. The predicted molar refractivity (Wildman–Crippen MR) is 71.3 cm³/mol. The minimum absolute atomic E-state index is 0.0823. The Hall–Kier alpha value is -1.85. The van der Waals surface area contributed by atoms with Gasteiger partial charge in [0.2, 0.25) is 0 Å². The van der Waals surface area contributed by atoms with Crippen molar-refractivity contribution in [3.63, 3.8) is 0 Å². The van der Waals surface area contributed by atoms with Gasteiger partial charge in [-0.1, -0.05) is 30.3 Å². The summed E-state index contributed by atoms with van der Waals surface area (Å²) >= 11 is 0. The molecule has 0 fully saturated rings. The molecule has 2 aromatic carbocycles. The van der Waals surface area contributed by atoms with Crippen molar-refractivity contribution >= 4 is 0 Å². The summed E-state index contributed by atoms with van der Waals surface area (Å²) in [6.45, 7) is 1.48. The van der Waals surface area contributed by atoms with E-state index in [0.717, 1.165) is 0 Å². The average molecular weight is 280 g/mol. The molecular weight excluding hydrogens is 265 g/mol. The summed E-state index contributed by atoms with van der Waals surface area (Å²) in [7, 11) is 0. The van der Waals surface area contributed by atoms with Crippen molar-refractivity contribution in [2.75, 3.05) is 0 Å². The standard InChI is InChI=1S/C15H15F3N2/c1-9-6-7-11(15(18)14(9)17)13(20-19)8-10-4-2-3-5-12(10)16/h2-7,13,20H,8,19H2,1H3. The summed E-state index contributed by atoms with van der Waals surface area (Å²) in [4.78, 5) is 0. The maximum Gasteiger partial charge on any atom is 0.163 e. The Kier molecular flexibility index (Phi) is 4.42. The molecule has 0 aromatic heterocycles. The van der Waals surface area contributed by atoms with E-state index in [4.69, 9.17) is 5.84 Å². The molecule has 0 radical (unpaired) electrons. The molecule has 0 spiro atoms. The first kappa shape index (κ1) is 14.6. The Morgan fingerprint density at radius 2 is 1.75 bits per heavy atom. The number of halogens is 3. The minimum atomic E-state index is -0.954. The maximum atomic E-state index is 13.9. The topological polar surface area (TPSA) is 38.0 Å². The molecule has 1 unspecified atom stereocenters. The zero-order valence-corrected chi connectivity index (χ0v) is 11.0. The van der Waals surface area contributed by atoms with Crippen LogP contribution in [0.25, 0.3) is 0 Å². The van der Waals surface area contributed by atoms with Crippen molar-refractivity contribution in [2.24, 2.45) is 5.84 Å². The van der Waals surface area contributed by atoms with Crippen molar-refractivity contribution in [3.05, 3.63) is 70.5 Å². The molecule has 0 heterocycles. The molecule has 2 aromatic rings. The van der Waals surface area contributed by atoms with E-state index in [-0.39, 0.29) is 17.5 Å². The van der Waals surface area contributed by atoms with Gasteiger partial charge in [0, 0.05) is 5.56 Å². The van der Waals surface area contributed by atoms with Gasteiger partial charge >= 0.3 is 0 Å². The quantitative estimate of drug-likeness (QED) is 0.667. The van der Waals surface area contributed by atoms with Crippen LogP contribution in [0.1, 0.15) is 22.7 Å². The summed E-state index contributed by atoms with van der Waals surface area (Å²) in [6.07, 6.45) is 0.128. The highest BCUT2D eigenvalue weighted by molar-refractivity contribution is 5.30. The first-order valence-electron chi connectivity index (χ1n) is 6.18. The number of rotatable bonds is 4. The van der Waals surface area contributed by atoms with E-state index in [2.05, 4.69) is 5.43 Å². The molecule has 106 valence electrons. The van der Waals surface area contributed by atoms with Crippen LogP contribution in [0.4, 0.5) is 13.2 Å². The number of hydrogen-bond acceptors (Lipinski definition) is 2. The number of aryl methyl sites for hydroxylation is 1. The largest absolute Gasteiger partial charge is 0.271 e. The van der Waals surface area contributed by atoms with Crippen molar-refractivity contribution in [1.82, 2.24) is 5.43 Å². The van der Waals surface area contributed by atoms with E-state index < -0.39 is 23.5 Å². The fraction of sp³-hybridized carbons (Fsp3) is 0.200. The fourth-order valence-electron chi connectivity index (χ4n) is 2.07. The molecular formula is C15H15F3N2. The molecule has 20 heavy (non-hydrogen) atoms. The Bertz CT molecular complexity index is 614. The van der Waals surface area contributed by atoms with E-state index in [0.29, 0.717) is 5.56 Å². The van der Waals surface area contributed by atoms with Crippen LogP contribution in [0.2, 0.25) is 0 Å². The Morgan fingerprint density at radius 1 is 1.05 bits per heavy atom. The molecule has 0 amide bonds. The lowest BCUT2D eigenvalue weighted by Gasteiger charge is -2.18. The van der Waals surface area contributed by atoms with Crippen LogP contribution in [0.15, 0.2) is 36.4 Å². The van der Waals surface area contributed by atoms with E-state index in [1.165, 1.54) is 25.1 Å². The second kappa shape index (κ2) is 6.07. The van der Waals surface area contributed by atoms with E-state index >= 15 is 0 Å². The smallest absolute Gasteiger partial charge is 0.163 e. The first-order chi connectivity index (χ1) is 9.54. The highest BCUT2D eigenvalue weighted by atomic mass is 19.2. The molecule has 0 bridgehead atoms. The summed E-state index contributed by atoms with van der Waals surface area (Å²) < 4.78 is 41.1. The SMILES string of the molecule is Cc1ccc(C(Cc2ccccc2F)NN)c(F)c1F. The number of hydrazine groups is 1.